The number of aliphatic hydroxyl groups excluding tert-OH is 1. The number of carbonyl (C=O) groups excluding carboxylic acids is 1. The summed E-state index contributed by atoms with van der Waals surface area (Å²) in [7, 11) is 0. The van der Waals surface area contributed by atoms with Crippen LogP contribution in [-0.2, 0) is 4.79 Å². The molecule has 2 nitrogen and oxygen atoms in total. The summed E-state index contributed by atoms with van der Waals surface area (Å²) in [6.07, 6.45) is -0.345. The van der Waals surface area contributed by atoms with Crippen molar-refractivity contribution < 1.29 is 40.9 Å². The van der Waals surface area contributed by atoms with Crippen LogP contribution < -0.4 is 29.6 Å². The van der Waals surface area contributed by atoms with E-state index in [1.165, 1.54) is 6.92 Å². The molecule has 44 valence electrons. The van der Waals surface area contributed by atoms with Crippen LogP contribution in [0, 0.1) is 0 Å². The van der Waals surface area contributed by atoms with Gasteiger partial charge in [0.2, 0.25) is 0 Å². The number of ketones is 1. The van der Waals surface area contributed by atoms with Crippen molar-refractivity contribution in [3.8, 4) is 0 Å². The first-order valence-corrected chi connectivity index (χ1v) is 2.39. The van der Waals surface area contributed by atoms with Gasteiger partial charge in [0.1, 0.15) is 6.10 Å². The predicted octanol–water partition coefficient (Wildman–Crippen LogP) is -2.54. The molecule has 0 aromatic carbocycles. The average molecular weight is 126 g/mol. The molecule has 3 heteroatoms. The van der Waals surface area contributed by atoms with E-state index in [9.17, 15) is 4.79 Å². The van der Waals surface area contributed by atoms with Crippen molar-refractivity contribution >= 4 is 5.78 Å². The molecule has 0 aliphatic carbocycles. The topological polar surface area (TPSA) is 37.3 Å². The molecule has 0 amide bonds. The van der Waals surface area contributed by atoms with E-state index in [0.717, 1.165) is 0 Å². The molecule has 0 spiro atoms. The van der Waals surface area contributed by atoms with Gasteiger partial charge in [-0.25, -0.2) is 0 Å². The van der Waals surface area contributed by atoms with Gasteiger partial charge in [-0.05, 0) is 6.92 Å². The van der Waals surface area contributed by atoms with Gasteiger partial charge in [0.15, 0.2) is 5.78 Å². The summed E-state index contributed by atoms with van der Waals surface area (Å²) in [6.45, 7) is 3.21. The van der Waals surface area contributed by atoms with Crippen LogP contribution in [0.2, 0.25) is 0 Å². The van der Waals surface area contributed by atoms with Crippen molar-refractivity contribution in [2.75, 3.05) is 0 Å². The molecule has 0 rings (SSSR count). The maximum absolute atomic E-state index is 10.3. The summed E-state index contributed by atoms with van der Waals surface area (Å²) in [5.41, 5.74) is 0. The van der Waals surface area contributed by atoms with Gasteiger partial charge in [0.05, 0.1) is 0 Å². The van der Waals surface area contributed by atoms with E-state index in [-0.39, 0.29) is 36.8 Å². The molecule has 0 aromatic rings. The van der Waals surface area contributed by atoms with Gasteiger partial charge in [-0.1, -0.05) is 6.92 Å². The van der Waals surface area contributed by atoms with E-state index in [4.69, 9.17) is 5.11 Å². The molecule has 0 aliphatic heterocycles. The Labute approximate surface area is 73.1 Å². The van der Waals surface area contributed by atoms with Gasteiger partial charge in [0, 0.05) is 6.42 Å². The van der Waals surface area contributed by atoms with E-state index in [0.29, 0.717) is 6.42 Å². The van der Waals surface area contributed by atoms with Crippen LogP contribution in [-0.4, -0.2) is 17.0 Å². The second-order valence-corrected chi connectivity index (χ2v) is 1.50. The fraction of sp³-hybridized carbons (Fsp3) is 0.800. The molecule has 1 unspecified atom stereocenters. The summed E-state index contributed by atoms with van der Waals surface area (Å²) < 4.78 is 0. The molecule has 1 N–H and O–H groups in total. The number of Topliss-reactive ketones (excluding diaryl/α,β-unsaturated/α-hetero) is 1. The van der Waals surface area contributed by atoms with Gasteiger partial charge < -0.3 is 6.53 Å². The van der Waals surface area contributed by atoms with Gasteiger partial charge in [-0.3, -0.25) is 4.79 Å². The minimum Gasteiger partial charge on any atom is -1.00 e. The van der Waals surface area contributed by atoms with Crippen molar-refractivity contribution in [3.05, 3.63) is 0 Å². The van der Waals surface area contributed by atoms with Gasteiger partial charge in [0.25, 0.3) is 0 Å². The smallest absolute Gasteiger partial charge is 1.00 e. The van der Waals surface area contributed by atoms with Crippen LogP contribution in [0.15, 0.2) is 0 Å². The predicted molar refractivity (Wildman–Crippen MR) is 28.1 cm³/mol. The number of hydrogen-bond acceptors (Lipinski definition) is 2. The minimum absolute atomic E-state index is 0. The first-order chi connectivity index (χ1) is 3.18. The van der Waals surface area contributed by atoms with Gasteiger partial charge in [-0.2, -0.15) is 0 Å². The number of rotatable bonds is 2. The SMILES string of the molecule is CCC(=O)C(C)O.[H-].[Na+]. The number of carbonyl (C=O) groups is 1. The standard InChI is InChI=1S/C5H10O2.Na.H/c1-3-5(7)4(2)6;;/h4,6H,3H2,1-2H3;;/q;+1;-1. The number of aliphatic hydroxyl groups is 1. The first-order valence-electron chi connectivity index (χ1n) is 2.39. The zero-order valence-electron chi connectivity index (χ0n) is 6.64. The van der Waals surface area contributed by atoms with Crippen LogP contribution >= 0.6 is 0 Å². The maximum atomic E-state index is 10.3. The quantitative estimate of drug-likeness (QED) is 0.414. The van der Waals surface area contributed by atoms with E-state index in [1.54, 1.807) is 6.92 Å². The monoisotopic (exact) mass is 126 g/mol. The Morgan fingerprint density at radius 3 is 2.25 bits per heavy atom. The van der Waals surface area contributed by atoms with Crippen molar-refractivity contribution in [3.63, 3.8) is 0 Å². The van der Waals surface area contributed by atoms with E-state index >= 15 is 0 Å². The molecule has 0 fully saturated rings. The third-order valence-corrected chi connectivity index (χ3v) is 0.814. The third kappa shape index (κ3) is 4.78. The van der Waals surface area contributed by atoms with Crippen LogP contribution in [0.5, 0.6) is 0 Å². The van der Waals surface area contributed by atoms with Gasteiger partial charge in [-0.15, -0.1) is 0 Å². The van der Waals surface area contributed by atoms with Crippen molar-refractivity contribution in [2.24, 2.45) is 0 Å². The Hall–Kier alpha value is 0.630. The molecule has 0 saturated carbocycles. The molecule has 0 radical (unpaired) electrons. The van der Waals surface area contributed by atoms with E-state index in [1.807, 2.05) is 0 Å². The van der Waals surface area contributed by atoms with Crippen molar-refractivity contribution in [2.45, 2.75) is 26.4 Å². The Morgan fingerprint density at radius 2 is 2.25 bits per heavy atom. The van der Waals surface area contributed by atoms with E-state index in [2.05, 4.69) is 0 Å². The minimum atomic E-state index is -0.773. The Kier molecular flexibility index (Phi) is 8.23. The summed E-state index contributed by atoms with van der Waals surface area (Å²) >= 11 is 0. The molecule has 0 bridgehead atoms. The summed E-state index contributed by atoms with van der Waals surface area (Å²) in [4.78, 5) is 10.3. The van der Waals surface area contributed by atoms with Crippen molar-refractivity contribution in [1.82, 2.24) is 0 Å². The molecular formula is C5H11NaO2. The molecule has 0 heterocycles. The zero-order chi connectivity index (χ0) is 5.86. The molecule has 1 atom stereocenters. The Balaban J connectivity index is -0.000000180. The first kappa shape index (κ1) is 11.4. The second-order valence-electron chi connectivity index (χ2n) is 1.50. The maximum Gasteiger partial charge on any atom is 1.00 e. The Morgan fingerprint density at radius 1 is 1.88 bits per heavy atom. The number of hydrogen-bond donors (Lipinski definition) is 1. The summed E-state index contributed by atoms with van der Waals surface area (Å²) in [6, 6.07) is 0. The fourth-order valence-corrected chi connectivity index (χ4v) is 0.295. The average Bonchev–Trinajstić information content (AvgIpc) is 1.65. The Bertz CT molecular complexity index is 75.4. The second kappa shape index (κ2) is 5.76. The zero-order valence-corrected chi connectivity index (χ0v) is 7.64. The molecule has 8 heavy (non-hydrogen) atoms. The van der Waals surface area contributed by atoms with Crippen LogP contribution in [0.25, 0.3) is 0 Å². The molecule has 0 saturated heterocycles. The fourth-order valence-electron chi connectivity index (χ4n) is 0.295. The third-order valence-electron chi connectivity index (χ3n) is 0.814. The van der Waals surface area contributed by atoms with E-state index < -0.39 is 6.10 Å². The van der Waals surface area contributed by atoms with Crippen LogP contribution in [0.1, 0.15) is 21.7 Å². The molecule has 0 aliphatic rings. The van der Waals surface area contributed by atoms with Crippen LogP contribution in [0.3, 0.4) is 0 Å². The molecule has 0 aromatic heterocycles. The van der Waals surface area contributed by atoms with Crippen molar-refractivity contribution in [1.29, 1.82) is 0 Å². The van der Waals surface area contributed by atoms with Crippen LogP contribution in [0.4, 0.5) is 0 Å². The summed E-state index contributed by atoms with van der Waals surface area (Å²) in [5, 5.41) is 8.47. The molecular weight excluding hydrogens is 115 g/mol. The largest absolute Gasteiger partial charge is 1.00 e. The van der Waals surface area contributed by atoms with Gasteiger partial charge >= 0.3 is 29.6 Å². The summed E-state index contributed by atoms with van der Waals surface area (Å²) in [5.74, 6) is -0.0972. The normalized spacial score (nSPS) is 11.9.